The average Bonchev–Trinajstić information content (AvgIpc) is 3.85. The molecule has 2 heterocycles. The number of nitrogens with zero attached hydrogens (tertiary/aromatic N) is 1. The highest BCUT2D eigenvalue weighted by Crippen LogP contribution is 2.52. The highest BCUT2D eigenvalue weighted by molar-refractivity contribution is 7.25. The van der Waals surface area contributed by atoms with Gasteiger partial charge in [0.15, 0.2) is 0 Å². The van der Waals surface area contributed by atoms with Gasteiger partial charge in [0.25, 0.3) is 0 Å². The topological polar surface area (TPSA) is 4.93 Å². The van der Waals surface area contributed by atoms with Crippen molar-refractivity contribution in [2.45, 2.75) is 0 Å². The summed E-state index contributed by atoms with van der Waals surface area (Å²) in [5, 5.41) is 11.7. The van der Waals surface area contributed by atoms with E-state index in [1.54, 1.807) is 0 Å². The van der Waals surface area contributed by atoms with Gasteiger partial charge in [-0.3, -0.25) is 0 Å². The molecule has 0 N–H and O–H groups in total. The van der Waals surface area contributed by atoms with Crippen molar-refractivity contribution in [1.82, 2.24) is 4.57 Å². The van der Waals surface area contributed by atoms with Crippen molar-refractivity contribution in [2.24, 2.45) is 0 Å². The third-order valence-electron chi connectivity index (χ3n) is 11.3. The van der Waals surface area contributed by atoms with Crippen LogP contribution in [0.2, 0.25) is 0 Å². The predicted octanol–water partition coefficient (Wildman–Crippen LogP) is 14.4. The van der Waals surface area contributed by atoms with Crippen LogP contribution in [0.1, 0.15) is 0 Å². The van der Waals surface area contributed by atoms with Gasteiger partial charge in [0.05, 0.1) is 5.52 Å². The zero-order valence-electron chi connectivity index (χ0n) is 28.1. The molecule has 0 saturated heterocycles. The summed E-state index contributed by atoms with van der Waals surface area (Å²) in [5.41, 5.74) is 12.9. The minimum atomic E-state index is 1.19. The molecule has 1 aliphatic carbocycles. The number of hydrogen-bond acceptors (Lipinski definition) is 1. The zero-order chi connectivity index (χ0) is 33.9. The van der Waals surface area contributed by atoms with E-state index in [1.807, 2.05) is 11.3 Å². The maximum atomic E-state index is 2.46. The SMILES string of the molecule is c1ccc(-n2c3ccccc3c3c4cc(-c5c6ccccc6c(-c6ccc7c8c(cccc68)-c6ccccc6-7)c6ccccc56)ccc4sc32)cc1. The van der Waals surface area contributed by atoms with Crippen LogP contribution in [0.25, 0.3) is 114 Å². The Hall–Kier alpha value is -6.48. The molecule has 2 aromatic heterocycles. The Balaban J connectivity index is 1.15. The first-order valence-corrected chi connectivity index (χ1v) is 18.8. The average molecular weight is 676 g/mol. The Bertz CT molecular complexity index is 3200. The van der Waals surface area contributed by atoms with Gasteiger partial charge in [0.2, 0.25) is 0 Å². The van der Waals surface area contributed by atoms with Gasteiger partial charge in [0, 0.05) is 26.5 Å². The fourth-order valence-corrected chi connectivity index (χ4v) is 10.5. The minimum Gasteiger partial charge on any atom is -0.301 e. The predicted molar refractivity (Wildman–Crippen MR) is 224 cm³/mol. The summed E-state index contributed by atoms with van der Waals surface area (Å²) in [7, 11) is 0. The number of para-hydroxylation sites is 2. The molecule has 2 heteroatoms. The molecule has 0 bridgehead atoms. The van der Waals surface area contributed by atoms with Crippen LogP contribution in [0, 0.1) is 0 Å². The van der Waals surface area contributed by atoms with Crippen molar-refractivity contribution in [3.63, 3.8) is 0 Å². The van der Waals surface area contributed by atoms with Gasteiger partial charge in [0.1, 0.15) is 4.83 Å². The Morgan fingerprint density at radius 1 is 0.346 bits per heavy atom. The number of rotatable bonds is 3. The monoisotopic (exact) mass is 675 g/mol. The number of fused-ring (bicyclic) bond motifs is 10. The summed E-state index contributed by atoms with van der Waals surface area (Å²) in [5.74, 6) is 0. The standard InChI is InChI=1S/C50H29NS/c1-2-13-31(14-3-1)51-44-24-11-10-21-42(44)49-43-29-30(25-28-45(43)52-50(49)51)46-35-17-6-8-19-37(35)48(38-20-9-7-18-36(38)46)41-27-26-40-33-16-5-4-15-32(33)34-22-12-23-39(41)47(34)40/h1-29H. The van der Waals surface area contributed by atoms with Crippen LogP contribution in [-0.2, 0) is 0 Å². The van der Waals surface area contributed by atoms with Gasteiger partial charge >= 0.3 is 0 Å². The van der Waals surface area contributed by atoms with Crippen LogP contribution in [0.3, 0.4) is 0 Å². The molecule has 1 aliphatic rings. The molecular formula is C50H29NS. The van der Waals surface area contributed by atoms with Gasteiger partial charge in [-0.1, -0.05) is 146 Å². The molecule has 0 fully saturated rings. The molecule has 240 valence electrons. The van der Waals surface area contributed by atoms with Gasteiger partial charge in [-0.25, -0.2) is 0 Å². The maximum Gasteiger partial charge on any atom is 0.109 e. The largest absolute Gasteiger partial charge is 0.301 e. The number of aromatic nitrogens is 1. The maximum absolute atomic E-state index is 2.46. The first-order valence-electron chi connectivity index (χ1n) is 17.9. The van der Waals surface area contributed by atoms with E-state index in [9.17, 15) is 0 Å². The minimum absolute atomic E-state index is 1.19. The van der Waals surface area contributed by atoms with Crippen LogP contribution in [-0.4, -0.2) is 4.57 Å². The van der Waals surface area contributed by atoms with Gasteiger partial charge < -0.3 is 4.57 Å². The van der Waals surface area contributed by atoms with Crippen molar-refractivity contribution >= 4 is 74.9 Å². The Kier molecular flexibility index (Phi) is 5.71. The first-order chi connectivity index (χ1) is 25.8. The summed E-state index contributed by atoms with van der Waals surface area (Å²) >= 11 is 1.89. The van der Waals surface area contributed by atoms with Crippen LogP contribution in [0.15, 0.2) is 176 Å². The molecule has 1 nitrogen and oxygen atoms in total. The zero-order valence-corrected chi connectivity index (χ0v) is 28.9. The van der Waals surface area contributed by atoms with Crippen LogP contribution >= 0.6 is 11.3 Å². The van der Waals surface area contributed by atoms with Crippen LogP contribution < -0.4 is 0 Å². The summed E-state index contributed by atoms with van der Waals surface area (Å²) in [6.45, 7) is 0. The van der Waals surface area contributed by atoms with E-state index in [0.717, 1.165) is 0 Å². The smallest absolute Gasteiger partial charge is 0.109 e. The molecule has 0 aliphatic heterocycles. The molecule has 0 spiro atoms. The second-order valence-corrected chi connectivity index (χ2v) is 15.0. The Morgan fingerprint density at radius 2 is 0.904 bits per heavy atom. The van der Waals surface area contributed by atoms with E-state index in [2.05, 4.69) is 180 Å². The van der Waals surface area contributed by atoms with Gasteiger partial charge in [-0.05, 0) is 107 Å². The van der Waals surface area contributed by atoms with Crippen molar-refractivity contribution < 1.29 is 0 Å². The molecule has 11 aromatic rings. The lowest BCUT2D eigenvalue weighted by Crippen LogP contribution is -1.92. The molecule has 0 unspecified atom stereocenters. The van der Waals surface area contributed by atoms with Gasteiger partial charge in [-0.15, -0.1) is 11.3 Å². The molecule has 0 amide bonds. The summed E-state index contributed by atoms with van der Waals surface area (Å²) in [4.78, 5) is 1.29. The normalized spacial score (nSPS) is 12.2. The van der Waals surface area contributed by atoms with Crippen molar-refractivity contribution in [3.05, 3.63) is 176 Å². The third-order valence-corrected chi connectivity index (χ3v) is 12.5. The van der Waals surface area contributed by atoms with E-state index >= 15 is 0 Å². The second-order valence-electron chi connectivity index (χ2n) is 14.0. The van der Waals surface area contributed by atoms with E-state index in [1.165, 1.54) is 114 Å². The number of hydrogen-bond donors (Lipinski definition) is 0. The molecule has 12 rings (SSSR count). The van der Waals surface area contributed by atoms with Crippen LogP contribution in [0.5, 0.6) is 0 Å². The quantitative estimate of drug-likeness (QED) is 0.164. The van der Waals surface area contributed by atoms with E-state index in [4.69, 9.17) is 0 Å². The first kappa shape index (κ1) is 28.2. The van der Waals surface area contributed by atoms with E-state index in [-0.39, 0.29) is 0 Å². The molecule has 0 atom stereocenters. The fraction of sp³-hybridized carbons (Fsp3) is 0. The van der Waals surface area contributed by atoms with Crippen LogP contribution in [0.4, 0.5) is 0 Å². The Morgan fingerprint density at radius 3 is 1.63 bits per heavy atom. The van der Waals surface area contributed by atoms with Crippen molar-refractivity contribution in [3.8, 4) is 50.2 Å². The lowest BCUT2D eigenvalue weighted by Gasteiger charge is -2.19. The van der Waals surface area contributed by atoms with Crippen molar-refractivity contribution in [1.29, 1.82) is 0 Å². The number of benzene rings is 9. The lowest BCUT2D eigenvalue weighted by molar-refractivity contribution is 1.19. The summed E-state index contributed by atoms with van der Waals surface area (Å²) in [6.07, 6.45) is 0. The second kappa shape index (κ2) is 10.5. The van der Waals surface area contributed by atoms with E-state index in [0.29, 0.717) is 0 Å². The van der Waals surface area contributed by atoms with Crippen molar-refractivity contribution in [2.75, 3.05) is 0 Å². The molecule has 9 aromatic carbocycles. The lowest BCUT2D eigenvalue weighted by atomic mass is 9.84. The Labute approximate surface area is 304 Å². The third kappa shape index (κ3) is 3.72. The molecule has 52 heavy (non-hydrogen) atoms. The summed E-state index contributed by atoms with van der Waals surface area (Å²) in [6, 6.07) is 65.3. The van der Waals surface area contributed by atoms with E-state index < -0.39 is 0 Å². The highest BCUT2D eigenvalue weighted by atomic mass is 32.1. The fourth-order valence-electron chi connectivity index (χ4n) is 9.24. The molecular weight excluding hydrogens is 647 g/mol. The summed E-state index contributed by atoms with van der Waals surface area (Å²) < 4.78 is 3.74. The number of thiophene rings is 1. The molecule has 0 saturated carbocycles. The molecule has 0 radical (unpaired) electrons. The van der Waals surface area contributed by atoms with Gasteiger partial charge in [-0.2, -0.15) is 0 Å². The highest BCUT2D eigenvalue weighted by Gasteiger charge is 2.25.